The van der Waals surface area contributed by atoms with E-state index in [4.69, 9.17) is 27.9 Å². The summed E-state index contributed by atoms with van der Waals surface area (Å²) in [6.07, 6.45) is 0.429. The van der Waals surface area contributed by atoms with Crippen LogP contribution >= 0.6 is 23.2 Å². The number of benzene rings is 1. The molecule has 1 aromatic heterocycles. The predicted octanol–water partition coefficient (Wildman–Crippen LogP) is 2.36. The van der Waals surface area contributed by atoms with Crippen LogP contribution in [-0.2, 0) is 10.0 Å². The molecule has 9 nitrogen and oxygen atoms in total. The lowest BCUT2D eigenvalue weighted by Crippen LogP contribution is -2.35. The number of halogens is 2. The van der Waals surface area contributed by atoms with Crippen LogP contribution in [0.3, 0.4) is 0 Å². The van der Waals surface area contributed by atoms with E-state index in [1.54, 1.807) is 25.1 Å². The van der Waals surface area contributed by atoms with Gasteiger partial charge in [0.25, 0.3) is 10.0 Å². The molecule has 27 heavy (non-hydrogen) atoms. The minimum atomic E-state index is -4.17. The lowest BCUT2D eigenvalue weighted by Gasteiger charge is -2.12. The topological polar surface area (TPSA) is 123 Å². The highest BCUT2D eigenvalue weighted by Gasteiger charge is 2.53. The molecule has 1 heterocycles. The lowest BCUT2D eigenvalue weighted by atomic mass is 10.1. The number of carbonyl (C=O) groups is 1. The fraction of sp³-hybridized carbons (Fsp3) is 0.333. The highest BCUT2D eigenvalue weighted by molar-refractivity contribution is 7.90. The van der Waals surface area contributed by atoms with Crippen LogP contribution in [0.15, 0.2) is 29.2 Å². The molecule has 1 fully saturated rings. The Kier molecular flexibility index (Phi) is 5.15. The van der Waals surface area contributed by atoms with Gasteiger partial charge in [0.15, 0.2) is 0 Å². The smallest absolute Gasteiger partial charge is 0.335 e. The zero-order valence-electron chi connectivity index (χ0n) is 14.2. The monoisotopic (exact) mass is 431 g/mol. The molecular weight excluding hydrogens is 417 g/mol. The van der Waals surface area contributed by atoms with E-state index in [1.807, 2.05) is 4.72 Å². The van der Waals surface area contributed by atoms with Crippen molar-refractivity contribution in [3.8, 4) is 6.01 Å². The number of nitrogens with one attached hydrogen (secondary N) is 2. The molecule has 1 aliphatic carbocycles. The SMILES string of the molecule is COc1nc(C)nc(NC(=O)NS(=O)(=O)c2ccccc2C2CC2(Cl)Cl)n1. The molecule has 2 N–H and O–H groups in total. The Morgan fingerprint density at radius 2 is 1.93 bits per heavy atom. The van der Waals surface area contributed by atoms with Gasteiger partial charge in [-0.15, -0.1) is 23.2 Å². The minimum absolute atomic E-state index is 0.0136. The number of carbonyl (C=O) groups excluding carboxylic acids is 1. The van der Waals surface area contributed by atoms with Gasteiger partial charge in [0, 0.05) is 5.92 Å². The number of hydrogen-bond donors (Lipinski definition) is 2. The Morgan fingerprint density at radius 3 is 2.56 bits per heavy atom. The largest absolute Gasteiger partial charge is 0.467 e. The van der Waals surface area contributed by atoms with E-state index in [9.17, 15) is 13.2 Å². The van der Waals surface area contributed by atoms with Gasteiger partial charge in [-0.2, -0.15) is 15.0 Å². The van der Waals surface area contributed by atoms with Gasteiger partial charge >= 0.3 is 12.0 Å². The molecule has 1 atom stereocenters. The summed E-state index contributed by atoms with van der Waals surface area (Å²) in [7, 11) is -2.82. The summed E-state index contributed by atoms with van der Waals surface area (Å²) in [5.41, 5.74) is 0.445. The Hall–Kier alpha value is -2.17. The van der Waals surface area contributed by atoms with Crippen LogP contribution in [0.4, 0.5) is 10.7 Å². The molecule has 12 heteroatoms. The van der Waals surface area contributed by atoms with Crippen LogP contribution in [0.5, 0.6) is 6.01 Å². The number of urea groups is 1. The second kappa shape index (κ2) is 7.10. The average molecular weight is 432 g/mol. The van der Waals surface area contributed by atoms with Crippen LogP contribution < -0.4 is 14.8 Å². The number of hydrogen-bond acceptors (Lipinski definition) is 7. The number of aryl methyl sites for hydroxylation is 1. The highest BCUT2D eigenvalue weighted by atomic mass is 35.5. The number of aromatic nitrogens is 3. The third-order valence-electron chi connectivity index (χ3n) is 3.77. The van der Waals surface area contributed by atoms with Crippen molar-refractivity contribution in [2.24, 2.45) is 0 Å². The Labute approximate surface area is 165 Å². The van der Waals surface area contributed by atoms with E-state index in [1.165, 1.54) is 13.2 Å². The molecule has 0 saturated heterocycles. The van der Waals surface area contributed by atoms with E-state index in [0.29, 0.717) is 17.8 Å². The van der Waals surface area contributed by atoms with E-state index < -0.39 is 20.4 Å². The molecule has 0 aliphatic heterocycles. The van der Waals surface area contributed by atoms with Gasteiger partial charge in [-0.25, -0.2) is 17.9 Å². The molecule has 1 saturated carbocycles. The van der Waals surface area contributed by atoms with Crippen molar-refractivity contribution in [1.82, 2.24) is 19.7 Å². The molecule has 2 amide bonds. The number of methoxy groups -OCH3 is 1. The van der Waals surface area contributed by atoms with E-state index >= 15 is 0 Å². The fourth-order valence-corrected chi connectivity index (χ4v) is 4.20. The molecule has 0 radical (unpaired) electrons. The predicted molar refractivity (Wildman–Crippen MR) is 98.7 cm³/mol. The van der Waals surface area contributed by atoms with Crippen molar-refractivity contribution >= 4 is 45.2 Å². The van der Waals surface area contributed by atoms with Gasteiger partial charge in [0.1, 0.15) is 10.2 Å². The van der Waals surface area contributed by atoms with Gasteiger partial charge in [-0.1, -0.05) is 18.2 Å². The van der Waals surface area contributed by atoms with Gasteiger partial charge in [0.2, 0.25) is 5.95 Å². The van der Waals surface area contributed by atoms with Gasteiger partial charge in [0.05, 0.1) is 12.0 Å². The number of anilines is 1. The molecule has 144 valence electrons. The summed E-state index contributed by atoms with van der Waals surface area (Å²) < 4.78 is 31.1. The average Bonchev–Trinajstić information content (AvgIpc) is 3.22. The molecule has 1 aliphatic rings. The highest BCUT2D eigenvalue weighted by Crippen LogP contribution is 2.60. The van der Waals surface area contributed by atoms with Crippen LogP contribution in [0.2, 0.25) is 0 Å². The first-order valence-electron chi connectivity index (χ1n) is 7.69. The van der Waals surface area contributed by atoms with Gasteiger partial charge in [-0.3, -0.25) is 5.32 Å². The summed E-state index contributed by atoms with van der Waals surface area (Å²) in [5, 5.41) is 2.24. The third kappa shape index (κ3) is 4.40. The van der Waals surface area contributed by atoms with Gasteiger partial charge in [-0.05, 0) is 25.0 Å². The minimum Gasteiger partial charge on any atom is -0.467 e. The zero-order valence-corrected chi connectivity index (χ0v) is 16.6. The number of rotatable bonds is 5. The Morgan fingerprint density at radius 1 is 1.26 bits per heavy atom. The number of ether oxygens (including phenoxy) is 1. The lowest BCUT2D eigenvalue weighted by molar-refractivity contribution is 0.256. The Bertz CT molecular complexity index is 999. The molecule has 3 rings (SSSR count). The first-order chi connectivity index (χ1) is 12.6. The number of alkyl halides is 2. The van der Waals surface area contributed by atoms with Crippen molar-refractivity contribution in [2.45, 2.75) is 28.5 Å². The number of amides is 2. The third-order valence-corrected chi connectivity index (χ3v) is 6.01. The molecule has 0 bridgehead atoms. The first kappa shape index (κ1) is 19.6. The van der Waals surface area contributed by atoms with Crippen molar-refractivity contribution in [1.29, 1.82) is 0 Å². The van der Waals surface area contributed by atoms with Crippen LogP contribution in [-0.4, -0.2) is 40.8 Å². The summed E-state index contributed by atoms with van der Waals surface area (Å²) in [5.74, 6) is -0.185. The number of nitrogens with zero attached hydrogens (tertiary/aromatic N) is 3. The maximum atomic E-state index is 12.7. The second-order valence-electron chi connectivity index (χ2n) is 5.81. The van der Waals surface area contributed by atoms with Crippen molar-refractivity contribution in [3.05, 3.63) is 35.7 Å². The molecule has 2 aromatic rings. The summed E-state index contributed by atoms with van der Waals surface area (Å²) in [6.45, 7) is 1.57. The van der Waals surface area contributed by atoms with Crippen molar-refractivity contribution in [3.63, 3.8) is 0 Å². The zero-order chi connectivity index (χ0) is 19.8. The van der Waals surface area contributed by atoms with Crippen LogP contribution in [0.1, 0.15) is 23.7 Å². The molecular formula is C15H15Cl2N5O4S. The van der Waals surface area contributed by atoms with E-state index in [0.717, 1.165) is 0 Å². The maximum absolute atomic E-state index is 12.7. The molecule has 0 spiro atoms. The summed E-state index contributed by atoms with van der Waals surface area (Å²) in [6, 6.07) is 5.17. The number of sulfonamides is 1. The quantitative estimate of drug-likeness (QED) is 0.696. The first-order valence-corrected chi connectivity index (χ1v) is 9.93. The van der Waals surface area contributed by atoms with E-state index in [-0.39, 0.29) is 22.8 Å². The maximum Gasteiger partial charge on any atom is 0.335 e. The fourth-order valence-electron chi connectivity index (χ4n) is 2.47. The van der Waals surface area contributed by atoms with E-state index in [2.05, 4.69) is 20.3 Å². The summed E-state index contributed by atoms with van der Waals surface area (Å²) in [4.78, 5) is 23.7. The molecule has 1 aromatic carbocycles. The van der Waals surface area contributed by atoms with Crippen molar-refractivity contribution < 1.29 is 17.9 Å². The summed E-state index contributed by atoms with van der Waals surface area (Å²) >= 11 is 12.1. The standard InChI is InChI=1S/C15H15Cl2N5O4S/c1-8-18-12(21-14(19-8)26-2)20-13(23)22-27(24,25)11-6-4-3-5-9(11)10-7-15(10,16)17/h3-6,10H,7H2,1-2H3,(H2,18,19,20,21,22,23). The second-order valence-corrected chi connectivity index (χ2v) is 9.00. The van der Waals surface area contributed by atoms with Gasteiger partial charge < -0.3 is 4.74 Å². The Balaban J connectivity index is 1.79. The molecule has 1 unspecified atom stereocenters. The van der Waals surface area contributed by atoms with Crippen molar-refractivity contribution in [2.75, 3.05) is 12.4 Å². The van der Waals surface area contributed by atoms with Crippen LogP contribution in [0.25, 0.3) is 0 Å². The van der Waals surface area contributed by atoms with Crippen LogP contribution in [0, 0.1) is 6.92 Å². The normalized spacial score (nSPS) is 17.9.